The minimum atomic E-state index is -0.00665. The summed E-state index contributed by atoms with van der Waals surface area (Å²) in [7, 11) is 1.42. The topological polar surface area (TPSA) is 134 Å². The van der Waals surface area contributed by atoms with Crippen LogP contribution in [0.15, 0.2) is 5.11 Å². The fourth-order valence-corrected chi connectivity index (χ4v) is 1.50. The van der Waals surface area contributed by atoms with Crippen molar-refractivity contribution in [2.75, 3.05) is 59.9 Å². The number of hydrogen-bond acceptors (Lipinski definition) is 9. The van der Waals surface area contributed by atoms with E-state index in [0.29, 0.717) is 46.2 Å². The lowest BCUT2D eigenvalue weighted by Gasteiger charge is -2.07. The van der Waals surface area contributed by atoms with E-state index in [2.05, 4.69) is 25.0 Å². The molecule has 12 heteroatoms. The van der Waals surface area contributed by atoms with E-state index in [9.17, 15) is 0 Å². The van der Waals surface area contributed by atoms with Crippen molar-refractivity contribution in [3.8, 4) is 12.0 Å². The zero-order valence-electron chi connectivity index (χ0n) is 13.3. The van der Waals surface area contributed by atoms with Gasteiger partial charge in [0.2, 0.25) is 5.28 Å². The standard InChI is InChI=1S/C12H19ClN6O5/c1-20-11-16-10(13)17-12(18-11)24-9-8-23-7-6-22-5-4-21-3-2-15-19-14/h2-9H2,1H3. The van der Waals surface area contributed by atoms with Gasteiger partial charge in [0, 0.05) is 11.5 Å². The summed E-state index contributed by atoms with van der Waals surface area (Å²) in [6.45, 7) is 3.04. The van der Waals surface area contributed by atoms with Crippen LogP contribution in [0.1, 0.15) is 0 Å². The summed E-state index contributed by atoms with van der Waals surface area (Å²) in [5.41, 5.74) is 8.06. The van der Waals surface area contributed by atoms with Crippen LogP contribution >= 0.6 is 11.6 Å². The van der Waals surface area contributed by atoms with Gasteiger partial charge in [-0.15, -0.1) is 4.98 Å². The van der Waals surface area contributed by atoms with Crippen LogP contribution < -0.4 is 9.47 Å². The van der Waals surface area contributed by atoms with Gasteiger partial charge in [0.1, 0.15) is 6.61 Å². The van der Waals surface area contributed by atoms with Crippen LogP contribution in [0.3, 0.4) is 0 Å². The molecule has 24 heavy (non-hydrogen) atoms. The van der Waals surface area contributed by atoms with Crippen LogP contribution in [-0.4, -0.2) is 74.9 Å². The Morgan fingerprint density at radius 1 is 0.917 bits per heavy atom. The van der Waals surface area contributed by atoms with Crippen molar-refractivity contribution in [3.63, 3.8) is 0 Å². The molecule has 0 aliphatic rings. The summed E-state index contributed by atoms with van der Waals surface area (Å²) in [5, 5.41) is 3.33. The molecule has 0 N–H and O–H groups in total. The summed E-state index contributed by atoms with van der Waals surface area (Å²) in [6.07, 6.45) is 0. The second-order valence-corrected chi connectivity index (χ2v) is 4.35. The first-order valence-electron chi connectivity index (χ1n) is 7.08. The minimum absolute atomic E-state index is 0.00665. The molecule has 0 bridgehead atoms. The molecule has 1 aromatic heterocycles. The molecule has 0 aliphatic carbocycles. The second kappa shape index (κ2) is 13.5. The van der Waals surface area contributed by atoms with E-state index in [0.717, 1.165) is 0 Å². The fourth-order valence-electron chi connectivity index (χ4n) is 1.35. The van der Waals surface area contributed by atoms with Crippen molar-refractivity contribution in [3.05, 3.63) is 15.7 Å². The Balaban J connectivity index is 1.94. The van der Waals surface area contributed by atoms with E-state index in [4.69, 9.17) is 40.8 Å². The first-order valence-corrected chi connectivity index (χ1v) is 7.46. The lowest BCUT2D eigenvalue weighted by Crippen LogP contribution is -2.14. The monoisotopic (exact) mass is 362 g/mol. The lowest BCUT2D eigenvalue weighted by atomic mass is 10.7. The number of methoxy groups -OCH3 is 1. The largest absolute Gasteiger partial charge is 0.467 e. The summed E-state index contributed by atoms with van der Waals surface area (Å²) in [5.74, 6) is 0. The smallest absolute Gasteiger partial charge is 0.324 e. The maximum Gasteiger partial charge on any atom is 0.324 e. The molecule has 134 valence electrons. The fraction of sp³-hybridized carbons (Fsp3) is 0.750. The third-order valence-electron chi connectivity index (χ3n) is 2.35. The van der Waals surface area contributed by atoms with E-state index >= 15 is 0 Å². The number of hydrogen-bond donors (Lipinski definition) is 0. The van der Waals surface area contributed by atoms with E-state index in [1.54, 1.807) is 0 Å². The molecule has 0 saturated heterocycles. The molecule has 0 radical (unpaired) electrons. The summed E-state index contributed by atoms with van der Waals surface area (Å²) >= 11 is 5.69. The van der Waals surface area contributed by atoms with Gasteiger partial charge in [-0.3, -0.25) is 0 Å². The molecule has 0 unspecified atom stereocenters. The van der Waals surface area contributed by atoms with Gasteiger partial charge in [0.15, 0.2) is 0 Å². The molecular weight excluding hydrogens is 344 g/mol. The van der Waals surface area contributed by atoms with Gasteiger partial charge in [-0.25, -0.2) is 0 Å². The van der Waals surface area contributed by atoms with Gasteiger partial charge in [-0.1, -0.05) is 5.11 Å². The number of rotatable bonds is 14. The van der Waals surface area contributed by atoms with Gasteiger partial charge in [-0.2, -0.15) is 9.97 Å². The van der Waals surface area contributed by atoms with Crippen molar-refractivity contribution in [2.45, 2.75) is 0 Å². The van der Waals surface area contributed by atoms with Crippen LogP contribution in [0.5, 0.6) is 12.0 Å². The highest BCUT2D eigenvalue weighted by Gasteiger charge is 2.05. The SMILES string of the molecule is COc1nc(Cl)nc(OCCOCCOCCOCCN=[N+]=[N-])n1. The van der Waals surface area contributed by atoms with Gasteiger partial charge < -0.3 is 23.7 Å². The average Bonchev–Trinajstić information content (AvgIpc) is 2.58. The summed E-state index contributed by atoms with van der Waals surface area (Å²) in [6, 6.07) is 0.158. The van der Waals surface area contributed by atoms with Crippen LogP contribution in [0, 0.1) is 0 Å². The number of nitrogens with zero attached hydrogens (tertiary/aromatic N) is 6. The highest BCUT2D eigenvalue weighted by atomic mass is 35.5. The van der Waals surface area contributed by atoms with Crippen molar-refractivity contribution in [2.24, 2.45) is 5.11 Å². The zero-order valence-corrected chi connectivity index (χ0v) is 14.0. The Kier molecular flexibility index (Phi) is 11.3. The maximum absolute atomic E-state index is 8.06. The Bertz CT molecular complexity index is 517. The second-order valence-electron chi connectivity index (χ2n) is 4.01. The van der Waals surface area contributed by atoms with E-state index in [1.807, 2.05) is 0 Å². The molecule has 0 saturated carbocycles. The van der Waals surface area contributed by atoms with E-state index in [1.165, 1.54) is 7.11 Å². The van der Waals surface area contributed by atoms with Gasteiger partial charge in [-0.05, 0) is 17.1 Å². The zero-order chi connectivity index (χ0) is 17.5. The van der Waals surface area contributed by atoms with Gasteiger partial charge in [0.05, 0.1) is 46.8 Å². The predicted molar refractivity (Wildman–Crippen MR) is 83.4 cm³/mol. The van der Waals surface area contributed by atoms with Crippen LogP contribution in [0.4, 0.5) is 0 Å². The maximum atomic E-state index is 8.06. The van der Waals surface area contributed by atoms with Gasteiger partial charge >= 0.3 is 12.0 Å². The Labute approximate surface area is 143 Å². The summed E-state index contributed by atoms with van der Waals surface area (Å²) in [4.78, 5) is 14.0. The normalized spacial score (nSPS) is 10.2. The molecule has 1 rings (SSSR count). The van der Waals surface area contributed by atoms with E-state index in [-0.39, 0.29) is 23.9 Å². The molecule has 0 atom stereocenters. The first kappa shape index (κ1) is 20.1. The quantitative estimate of drug-likeness (QED) is 0.209. The molecular formula is C12H19ClN6O5. The molecule has 0 aromatic carbocycles. The number of halogens is 1. The third-order valence-corrected chi connectivity index (χ3v) is 2.52. The Morgan fingerprint density at radius 3 is 2.12 bits per heavy atom. The molecule has 0 fully saturated rings. The minimum Gasteiger partial charge on any atom is -0.467 e. The first-order chi connectivity index (χ1) is 11.8. The van der Waals surface area contributed by atoms with Gasteiger partial charge in [0.25, 0.3) is 0 Å². The molecule has 1 heterocycles. The molecule has 0 aliphatic heterocycles. The van der Waals surface area contributed by atoms with Crippen LogP contribution in [0.25, 0.3) is 10.4 Å². The Morgan fingerprint density at radius 2 is 1.50 bits per heavy atom. The van der Waals surface area contributed by atoms with Crippen LogP contribution in [0.2, 0.25) is 5.28 Å². The predicted octanol–water partition coefficient (Wildman–Crippen LogP) is 1.27. The Hall–Kier alpha value is -1.91. The molecule has 11 nitrogen and oxygen atoms in total. The van der Waals surface area contributed by atoms with Crippen LogP contribution in [-0.2, 0) is 14.2 Å². The number of ether oxygens (including phenoxy) is 5. The molecule has 0 spiro atoms. The van der Waals surface area contributed by atoms with Crippen molar-refractivity contribution >= 4 is 11.6 Å². The molecule has 0 amide bonds. The molecule has 1 aromatic rings. The highest BCUT2D eigenvalue weighted by Crippen LogP contribution is 2.12. The number of aromatic nitrogens is 3. The number of azide groups is 1. The van der Waals surface area contributed by atoms with Crippen molar-refractivity contribution in [1.82, 2.24) is 15.0 Å². The third kappa shape index (κ3) is 9.98. The van der Waals surface area contributed by atoms with E-state index < -0.39 is 0 Å². The van der Waals surface area contributed by atoms with Crippen molar-refractivity contribution < 1.29 is 23.7 Å². The lowest BCUT2D eigenvalue weighted by molar-refractivity contribution is 0.01000. The summed E-state index contributed by atoms with van der Waals surface area (Å²) < 4.78 is 25.9. The average molecular weight is 363 g/mol. The highest BCUT2D eigenvalue weighted by molar-refractivity contribution is 6.28. The van der Waals surface area contributed by atoms with Crippen molar-refractivity contribution in [1.29, 1.82) is 0 Å².